The Balaban J connectivity index is 3.31. The van der Waals surface area contributed by atoms with E-state index in [9.17, 15) is 8.78 Å². The summed E-state index contributed by atoms with van der Waals surface area (Å²) in [5.41, 5.74) is 0. The van der Waals surface area contributed by atoms with E-state index >= 15 is 0 Å². The maximum Gasteiger partial charge on any atom is 0.347 e. The highest BCUT2D eigenvalue weighted by molar-refractivity contribution is 4.34. The fraction of sp³-hybridized carbons (Fsp3) is 1.00. The number of alkyl halides is 2. The molecular formula is C5H10F2O2. The molecule has 0 saturated heterocycles. The number of rotatable bonds is 4. The normalized spacial score (nSPS) is 14.3. The molecule has 0 aromatic carbocycles. The van der Waals surface area contributed by atoms with Gasteiger partial charge in [-0.15, -0.1) is 0 Å². The Morgan fingerprint density at radius 2 is 2.00 bits per heavy atom. The Labute approximate surface area is 52.8 Å². The zero-order valence-corrected chi connectivity index (χ0v) is 5.43. The minimum Gasteiger partial charge on any atom is -0.356 e. The lowest BCUT2D eigenvalue weighted by molar-refractivity contribution is -0.237. The van der Waals surface area contributed by atoms with Gasteiger partial charge >= 0.3 is 6.61 Å². The lowest BCUT2D eigenvalue weighted by Gasteiger charge is -2.11. The summed E-state index contributed by atoms with van der Waals surface area (Å²) in [5.74, 6) is 0. The number of halogens is 2. The van der Waals surface area contributed by atoms with Gasteiger partial charge in [0.2, 0.25) is 0 Å². The molecule has 1 unspecified atom stereocenters. The molecular weight excluding hydrogens is 130 g/mol. The zero-order chi connectivity index (χ0) is 7.28. The van der Waals surface area contributed by atoms with Crippen molar-refractivity contribution in [2.75, 3.05) is 7.11 Å². The molecule has 0 aliphatic heterocycles. The fourth-order valence-corrected chi connectivity index (χ4v) is 0.433. The van der Waals surface area contributed by atoms with E-state index in [4.69, 9.17) is 0 Å². The SMILES string of the molecule is CCC(OC)OC(F)F. The molecule has 0 N–H and O–H groups in total. The highest BCUT2D eigenvalue weighted by atomic mass is 19.3. The molecule has 0 fully saturated rings. The number of hydrogen-bond donors (Lipinski definition) is 0. The van der Waals surface area contributed by atoms with Crippen LogP contribution < -0.4 is 0 Å². The summed E-state index contributed by atoms with van der Waals surface area (Å²) in [6.07, 6.45) is -0.342. The van der Waals surface area contributed by atoms with Crippen LogP contribution in [0.3, 0.4) is 0 Å². The van der Waals surface area contributed by atoms with Crippen molar-refractivity contribution in [1.29, 1.82) is 0 Å². The van der Waals surface area contributed by atoms with E-state index in [0.29, 0.717) is 6.42 Å². The van der Waals surface area contributed by atoms with Gasteiger partial charge in [0.25, 0.3) is 0 Å². The van der Waals surface area contributed by atoms with Crippen LogP contribution in [0.1, 0.15) is 13.3 Å². The van der Waals surface area contributed by atoms with Gasteiger partial charge in [-0.3, -0.25) is 4.74 Å². The smallest absolute Gasteiger partial charge is 0.347 e. The predicted octanol–water partition coefficient (Wildman–Crippen LogP) is 1.61. The average molecular weight is 140 g/mol. The van der Waals surface area contributed by atoms with Crippen LogP contribution in [0.2, 0.25) is 0 Å². The molecule has 0 aromatic heterocycles. The van der Waals surface area contributed by atoms with Crippen molar-refractivity contribution in [2.45, 2.75) is 26.2 Å². The minimum absolute atomic E-state index is 0.431. The van der Waals surface area contributed by atoms with E-state index in [0.717, 1.165) is 0 Å². The van der Waals surface area contributed by atoms with Crippen LogP contribution >= 0.6 is 0 Å². The topological polar surface area (TPSA) is 18.5 Å². The third kappa shape index (κ3) is 4.29. The van der Waals surface area contributed by atoms with E-state index < -0.39 is 12.9 Å². The van der Waals surface area contributed by atoms with Crippen LogP contribution in [0.4, 0.5) is 8.78 Å². The number of ether oxygens (including phenoxy) is 2. The maximum atomic E-state index is 11.4. The molecule has 0 spiro atoms. The van der Waals surface area contributed by atoms with Crippen molar-refractivity contribution in [3.05, 3.63) is 0 Å². The van der Waals surface area contributed by atoms with Crippen molar-refractivity contribution >= 4 is 0 Å². The molecule has 0 heterocycles. The lowest BCUT2D eigenvalue weighted by Crippen LogP contribution is -2.16. The summed E-state index contributed by atoms with van der Waals surface area (Å²) in [6.45, 7) is -1.04. The van der Waals surface area contributed by atoms with Gasteiger partial charge in [0, 0.05) is 7.11 Å². The van der Waals surface area contributed by atoms with E-state index in [1.807, 2.05) is 0 Å². The zero-order valence-electron chi connectivity index (χ0n) is 5.43. The predicted molar refractivity (Wildman–Crippen MR) is 28.2 cm³/mol. The van der Waals surface area contributed by atoms with Gasteiger partial charge in [-0.05, 0) is 6.42 Å². The van der Waals surface area contributed by atoms with Gasteiger partial charge in [-0.25, -0.2) is 0 Å². The standard InChI is InChI=1S/C5H10F2O2/c1-3-4(8-2)9-5(6)7/h4-5H,3H2,1-2H3. The molecule has 2 nitrogen and oxygen atoms in total. The van der Waals surface area contributed by atoms with Crippen LogP contribution in [0.25, 0.3) is 0 Å². The van der Waals surface area contributed by atoms with Crippen molar-refractivity contribution in [2.24, 2.45) is 0 Å². The van der Waals surface area contributed by atoms with Crippen LogP contribution in [-0.2, 0) is 9.47 Å². The van der Waals surface area contributed by atoms with E-state index in [-0.39, 0.29) is 0 Å². The molecule has 0 aliphatic rings. The van der Waals surface area contributed by atoms with Gasteiger partial charge in [0.05, 0.1) is 0 Å². The second-order valence-electron chi connectivity index (χ2n) is 1.47. The Morgan fingerprint density at radius 1 is 1.44 bits per heavy atom. The van der Waals surface area contributed by atoms with E-state index in [1.165, 1.54) is 7.11 Å². The Bertz CT molecular complexity index is 64.0. The summed E-state index contributed by atoms with van der Waals surface area (Å²) < 4.78 is 31.2. The third-order valence-corrected chi connectivity index (χ3v) is 0.851. The first-order chi connectivity index (χ1) is 4.20. The lowest BCUT2D eigenvalue weighted by atomic mass is 10.5. The third-order valence-electron chi connectivity index (χ3n) is 0.851. The first-order valence-corrected chi connectivity index (χ1v) is 2.67. The molecule has 0 amide bonds. The summed E-state index contributed by atoms with van der Waals surface area (Å²) in [7, 11) is 1.33. The summed E-state index contributed by atoms with van der Waals surface area (Å²) in [6, 6.07) is 0. The molecule has 0 saturated carbocycles. The molecule has 0 bridgehead atoms. The van der Waals surface area contributed by atoms with Gasteiger partial charge in [0.1, 0.15) is 0 Å². The first kappa shape index (κ1) is 8.78. The van der Waals surface area contributed by atoms with E-state index in [1.54, 1.807) is 6.92 Å². The molecule has 0 aliphatic carbocycles. The molecule has 9 heavy (non-hydrogen) atoms. The van der Waals surface area contributed by atoms with Crippen molar-refractivity contribution in [3.63, 3.8) is 0 Å². The molecule has 4 heteroatoms. The largest absolute Gasteiger partial charge is 0.356 e. The quantitative estimate of drug-likeness (QED) is 0.552. The maximum absolute atomic E-state index is 11.4. The van der Waals surface area contributed by atoms with Crippen molar-refractivity contribution < 1.29 is 18.3 Å². The van der Waals surface area contributed by atoms with Gasteiger partial charge in [-0.1, -0.05) is 6.92 Å². The summed E-state index contributed by atoms with van der Waals surface area (Å²) >= 11 is 0. The minimum atomic E-state index is -2.74. The monoisotopic (exact) mass is 140 g/mol. The highest BCUT2D eigenvalue weighted by Crippen LogP contribution is 2.04. The van der Waals surface area contributed by atoms with Crippen molar-refractivity contribution in [1.82, 2.24) is 0 Å². The van der Waals surface area contributed by atoms with Crippen molar-refractivity contribution in [3.8, 4) is 0 Å². The van der Waals surface area contributed by atoms with Crippen LogP contribution in [0.5, 0.6) is 0 Å². The number of methoxy groups -OCH3 is 1. The summed E-state index contributed by atoms with van der Waals surface area (Å²) in [5, 5.41) is 0. The number of hydrogen-bond acceptors (Lipinski definition) is 2. The Kier molecular flexibility index (Phi) is 4.53. The molecule has 56 valence electrons. The van der Waals surface area contributed by atoms with Gasteiger partial charge in [0.15, 0.2) is 6.29 Å². The van der Waals surface area contributed by atoms with E-state index in [2.05, 4.69) is 9.47 Å². The second kappa shape index (κ2) is 4.64. The second-order valence-corrected chi connectivity index (χ2v) is 1.47. The fourth-order valence-electron chi connectivity index (χ4n) is 0.433. The summed E-state index contributed by atoms with van der Waals surface area (Å²) in [4.78, 5) is 0. The van der Waals surface area contributed by atoms with Gasteiger partial charge < -0.3 is 4.74 Å². The highest BCUT2D eigenvalue weighted by Gasteiger charge is 2.10. The van der Waals surface area contributed by atoms with Gasteiger partial charge in [-0.2, -0.15) is 8.78 Å². The first-order valence-electron chi connectivity index (χ1n) is 2.67. The molecule has 0 aromatic rings. The molecule has 0 rings (SSSR count). The molecule has 0 radical (unpaired) electrons. The van der Waals surface area contributed by atoms with Crippen LogP contribution in [0, 0.1) is 0 Å². The Morgan fingerprint density at radius 3 is 2.11 bits per heavy atom. The van der Waals surface area contributed by atoms with Crippen LogP contribution in [-0.4, -0.2) is 20.0 Å². The average Bonchev–Trinajstić information content (AvgIpc) is 1.82. The van der Waals surface area contributed by atoms with Crippen LogP contribution in [0.15, 0.2) is 0 Å². The molecule has 1 atom stereocenters. The Hall–Kier alpha value is -0.220.